The van der Waals surface area contributed by atoms with Gasteiger partial charge in [-0.3, -0.25) is 39.6 Å². The fourth-order valence-corrected chi connectivity index (χ4v) is 5.34. The van der Waals surface area contributed by atoms with Crippen LogP contribution in [-0.2, 0) is 11.3 Å². The standard InChI is InChI=1S/C26H26Cl2N8O4/c27-17-2-1-3-18(28)22(17)24(38)32-19-12-30-34-23(19)25(39)31-16-5-9-35(10-6-16)14-15-4-8-29-13-20(15)36-11-7-21(37)33-26(36)40/h1-4,8,12-13,16H,5-7,9-11,14H2,(H,30,34)(H,31,39)(H,32,38)(H,33,37,40). The highest BCUT2D eigenvalue weighted by atomic mass is 35.5. The van der Waals surface area contributed by atoms with Crippen molar-refractivity contribution in [2.45, 2.75) is 31.8 Å². The number of pyridine rings is 1. The normalized spacial score (nSPS) is 16.5. The Bertz CT molecular complexity index is 1430. The first-order valence-corrected chi connectivity index (χ1v) is 13.4. The molecule has 0 aliphatic carbocycles. The van der Waals surface area contributed by atoms with E-state index in [1.807, 2.05) is 6.07 Å². The predicted molar refractivity (Wildman–Crippen MR) is 149 cm³/mol. The zero-order valence-corrected chi connectivity index (χ0v) is 22.8. The van der Waals surface area contributed by atoms with Crippen LogP contribution in [-0.4, -0.2) is 69.5 Å². The number of carbonyl (C=O) groups excluding carboxylic acids is 4. The van der Waals surface area contributed by atoms with Gasteiger partial charge in [-0.15, -0.1) is 0 Å². The van der Waals surface area contributed by atoms with Crippen molar-refractivity contribution in [2.75, 3.05) is 29.9 Å². The van der Waals surface area contributed by atoms with Gasteiger partial charge in [-0.1, -0.05) is 29.3 Å². The van der Waals surface area contributed by atoms with E-state index in [4.69, 9.17) is 23.2 Å². The molecule has 40 heavy (non-hydrogen) atoms. The van der Waals surface area contributed by atoms with Gasteiger partial charge >= 0.3 is 6.03 Å². The highest BCUT2D eigenvalue weighted by Crippen LogP contribution is 2.27. The summed E-state index contributed by atoms with van der Waals surface area (Å²) in [5.74, 6) is -1.23. The first-order valence-electron chi connectivity index (χ1n) is 12.7. The first-order chi connectivity index (χ1) is 19.3. The smallest absolute Gasteiger partial charge is 0.328 e. The van der Waals surface area contributed by atoms with Gasteiger partial charge in [0, 0.05) is 44.8 Å². The Morgan fingerprint density at radius 1 is 1.02 bits per heavy atom. The van der Waals surface area contributed by atoms with Crippen LogP contribution in [0.4, 0.5) is 16.2 Å². The van der Waals surface area contributed by atoms with Gasteiger partial charge in [0.05, 0.1) is 39.4 Å². The summed E-state index contributed by atoms with van der Waals surface area (Å²) in [7, 11) is 0. The third kappa shape index (κ3) is 6.09. The summed E-state index contributed by atoms with van der Waals surface area (Å²) < 4.78 is 0. The van der Waals surface area contributed by atoms with Crippen molar-refractivity contribution in [3.63, 3.8) is 0 Å². The second kappa shape index (κ2) is 12.0. The number of halogens is 2. The van der Waals surface area contributed by atoms with E-state index in [0.717, 1.165) is 18.7 Å². The quantitative estimate of drug-likeness (QED) is 0.332. The third-order valence-electron chi connectivity index (χ3n) is 6.85. The fourth-order valence-electron chi connectivity index (χ4n) is 4.77. The zero-order chi connectivity index (χ0) is 28.2. The summed E-state index contributed by atoms with van der Waals surface area (Å²) in [6.45, 7) is 2.33. The van der Waals surface area contributed by atoms with Crippen LogP contribution in [0.2, 0.25) is 10.0 Å². The highest BCUT2D eigenvalue weighted by Gasteiger charge is 2.28. The molecule has 5 rings (SSSR count). The van der Waals surface area contributed by atoms with E-state index in [2.05, 4.69) is 36.0 Å². The second-order valence-electron chi connectivity index (χ2n) is 9.49. The number of rotatable bonds is 7. The van der Waals surface area contributed by atoms with E-state index in [1.54, 1.807) is 30.6 Å². The molecule has 12 nitrogen and oxygen atoms in total. The highest BCUT2D eigenvalue weighted by molar-refractivity contribution is 6.40. The lowest BCUT2D eigenvalue weighted by Gasteiger charge is -2.34. The first kappa shape index (κ1) is 27.6. The van der Waals surface area contributed by atoms with E-state index in [0.29, 0.717) is 31.6 Å². The number of nitrogens with one attached hydrogen (secondary N) is 4. The number of nitrogens with zero attached hydrogens (tertiary/aromatic N) is 4. The molecule has 2 fully saturated rings. The van der Waals surface area contributed by atoms with Crippen LogP contribution < -0.4 is 20.9 Å². The number of carbonyl (C=O) groups is 4. The van der Waals surface area contributed by atoms with E-state index in [1.165, 1.54) is 11.1 Å². The molecule has 4 heterocycles. The van der Waals surface area contributed by atoms with E-state index >= 15 is 0 Å². The van der Waals surface area contributed by atoms with Crippen LogP contribution in [0, 0.1) is 0 Å². The number of benzene rings is 1. The van der Waals surface area contributed by atoms with Crippen molar-refractivity contribution in [3.05, 3.63) is 69.7 Å². The SMILES string of the molecule is O=C1CCN(c2cnccc2CN2CCC(NC(=O)c3[nH]ncc3NC(=O)c3c(Cl)cccc3Cl)CC2)C(=O)N1. The van der Waals surface area contributed by atoms with Crippen LogP contribution in [0.25, 0.3) is 0 Å². The Hall–Kier alpha value is -4.00. The third-order valence-corrected chi connectivity index (χ3v) is 7.48. The van der Waals surface area contributed by atoms with Gasteiger partial charge in [-0.25, -0.2) is 4.79 Å². The number of likely N-dealkylation sites (tertiary alicyclic amines) is 1. The molecule has 2 aliphatic rings. The molecule has 1 aromatic carbocycles. The zero-order valence-electron chi connectivity index (χ0n) is 21.2. The minimum atomic E-state index is -0.552. The Balaban J connectivity index is 1.16. The second-order valence-corrected chi connectivity index (χ2v) is 10.3. The van der Waals surface area contributed by atoms with Gasteiger partial charge in [-0.2, -0.15) is 5.10 Å². The molecule has 2 saturated heterocycles. The Kier molecular flexibility index (Phi) is 8.29. The van der Waals surface area contributed by atoms with Crippen molar-refractivity contribution in [3.8, 4) is 0 Å². The molecular weight excluding hydrogens is 559 g/mol. The maximum atomic E-state index is 13.0. The van der Waals surface area contributed by atoms with Crippen LogP contribution in [0.1, 0.15) is 45.7 Å². The van der Waals surface area contributed by atoms with Crippen LogP contribution in [0.3, 0.4) is 0 Å². The molecule has 0 bridgehead atoms. The molecular formula is C26H26Cl2N8O4. The minimum absolute atomic E-state index is 0.0793. The maximum absolute atomic E-state index is 13.0. The summed E-state index contributed by atoms with van der Waals surface area (Å²) in [5, 5.41) is 15.0. The largest absolute Gasteiger partial charge is 0.348 e. The number of anilines is 2. The molecule has 5 amide bonds. The average Bonchev–Trinajstić information content (AvgIpc) is 3.38. The van der Waals surface area contributed by atoms with Gasteiger partial charge in [0.15, 0.2) is 0 Å². The van der Waals surface area contributed by atoms with Gasteiger partial charge in [0.2, 0.25) is 5.91 Å². The molecule has 208 valence electrons. The number of piperidine rings is 1. The van der Waals surface area contributed by atoms with Crippen molar-refractivity contribution in [1.82, 2.24) is 30.7 Å². The number of H-pyrrole nitrogens is 1. The monoisotopic (exact) mass is 584 g/mol. The van der Waals surface area contributed by atoms with Crippen molar-refractivity contribution < 1.29 is 19.2 Å². The maximum Gasteiger partial charge on any atom is 0.328 e. The van der Waals surface area contributed by atoms with Gasteiger partial charge in [0.1, 0.15) is 5.69 Å². The van der Waals surface area contributed by atoms with Crippen molar-refractivity contribution >= 4 is 58.3 Å². The summed E-state index contributed by atoms with van der Waals surface area (Å²) in [5.41, 5.74) is 2.05. The number of imide groups is 1. The molecule has 3 aromatic rings. The van der Waals surface area contributed by atoms with Crippen LogP contribution in [0.15, 0.2) is 42.9 Å². The van der Waals surface area contributed by atoms with Gasteiger partial charge in [-0.05, 0) is 36.6 Å². The molecule has 2 aromatic heterocycles. The average molecular weight is 585 g/mol. The van der Waals surface area contributed by atoms with E-state index in [-0.39, 0.29) is 45.4 Å². The Morgan fingerprint density at radius 3 is 2.50 bits per heavy atom. The Morgan fingerprint density at radius 2 is 1.77 bits per heavy atom. The van der Waals surface area contributed by atoms with Crippen LogP contribution >= 0.6 is 23.2 Å². The predicted octanol–water partition coefficient (Wildman–Crippen LogP) is 3.20. The lowest BCUT2D eigenvalue weighted by atomic mass is 10.0. The summed E-state index contributed by atoms with van der Waals surface area (Å²) in [6, 6.07) is 6.09. The molecule has 0 saturated carbocycles. The van der Waals surface area contributed by atoms with Gasteiger partial charge < -0.3 is 10.6 Å². The molecule has 0 spiro atoms. The van der Waals surface area contributed by atoms with E-state index < -0.39 is 17.8 Å². The topological polar surface area (TPSA) is 152 Å². The molecule has 0 radical (unpaired) electrons. The molecule has 4 N–H and O–H groups in total. The summed E-state index contributed by atoms with van der Waals surface area (Å²) >= 11 is 12.3. The molecule has 2 aliphatic heterocycles. The number of urea groups is 1. The van der Waals surface area contributed by atoms with Crippen molar-refractivity contribution in [2.24, 2.45) is 0 Å². The van der Waals surface area contributed by atoms with Crippen molar-refractivity contribution in [1.29, 1.82) is 0 Å². The Labute approximate surface area is 239 Å². The summed E-state index contributed by atoms with van der Waals surface area (Å²) in [6.07, 6.45) is 6.31. The van der Waals surface area contributed by atoms with E-state index in [9.17, 15) is 19.2 Å². The lowest BCUT2D eigenvalue weighted by Crippen LogP contribution is -2.50. The molecule has 14 heteroatoms. The minimum Gasteiger partial charge on any atom is -0.348 e. The fraction of sp³-hybridized carbons (Fsp3) is 0.308. The van der Waals surface area contributed by atoms with Gasteiger partial charge in [0.25, 0.3) is 11.8 Å². The molecule has 0 unspecified atom stereocenters. The number of hydrogen-bond donors (Lipinski definition) is 4. The lowest BCUT2D eigenvalue weighted by molar-refractivity contribution is -0.120. The number of aromatic amines is 1. The molecule has 0 atom stereocenters. The summed E-state index contributed by atoms with van der Waals surface area (Å²) in [4.78, 5) is 57.6. The van der Waals surface area contributed by atoms with Crippen LogP contribution in [0.5, 0.6) is 0 Å². The number of amides is 5. The number of hydrogen-bond acceptors (Lipinski definition) is 7. The number of aromatic nitrogens is 3.